The lowest BCUT2D eigenvalue weighted by atomic mass is 10.2. The summed E-state index contributed by atoms with van der Waals surface area (Å²) >= 11 is 0. The number of hydrogen-bond acceptors (Lipinski definition) is 2. The Hall–Kier alpha value is -2.43. The van der Waals surface area contributed by atoms with Gasteiger partial charge in [0.25, 0.3) is 5.91 Å². The maximum absolute atomic E-state index is 13.6. The number of carbonyl (C=O) groups is 1. The standard InChI is InChI=1S/C19H20F2N2O/c20-14-5-10-17(18(21)13-14)19(24)22-15-6-8-16(9-7-15)23-11-3-1-2-4-12-23/h5-10,13H,1-4,11-12H2,(H,22,24). The van der Waals surface area contributed by atoms with Crippen molar-refractivity contribution in [1.29, 1.82) is 0 Å². The van der Waals surface area contributed by atoms with Crippen LogP contribution in [0.1, 0.15) is 36.0 Å². The first-order valence-electron chi connectivity index (χ1n) is 8.25. The van der Waals surface area contributed by atoms with Crippen LogP contribution in [-0.4, -0.2) is 19.0 Å². The van der Waals surface area contributed by atoms with Crippen molar-refractivity contribution in [2.75, 3.05) is 23.3 Å². The fraction of sp³-hybridized carbons (Fsp3) is 0.316. The van der Waals surface area contributed by atoms with E-state index in [2.05, 4.69) is 10.2 Å². The molecule has 2 aromatic carbocycles. The van der Waals surface area contributed by atoms with E-state index in [9.17, 15) is 13.6 Å². The van der Waals surface area contributed by atoms with Crippen molar-refractivity contribution >= 4 is 17.3 Å². The molecule has 0 atom stereocenters. The van der Waals surface area contributed by atoms with E-state index in [4.69, 9.17) is 0 Å². The summed E-state index contributed by atoms with van der Waals surface area (Å²) in [6.45, 7) is 2.10. The molecule has 0 unspecified atom stereocenters. The molecule has 3 rings (SSSR count). The zero-order valence-electron chi connectivity index (χ0n) is 13.4. The van der Waals surface area contributed by atoms with Gasteiger partial charge in [-0.1, -0.05) is 12.8 Å². The van der Waals surface area contributed by atoms with Gasteiger partial charge in [-0.3, -0.25) is 4.79 Å². The Morgan fingerprint density at radius 2 is 1.58 bits per heavy atom. The van der Waals surface area contributed by atoms with Crippen molar-refractivity contribution in [2.45, 2.75) is 25.7 Å². The second kappa shape index (κ2) is 7.43. The molecule has 24 heavy (non-hydrogen) atoms. The summed E-state index contributed by atoms with van der Waals surface area (Å²) in [5.41, 5.74) is 1.54. The third-order valence-corrected chi connectivity index (χ3v) is 4.27. The molecule has 126 valence electrons. The van der Waals surface area contributed by atoms with Gasteiger partial charge in [-0.15, -0.1) is 0 Å². The fourth-order valence-electron chi connectivity index (χ4n) is 2.96. The number of benzene rings is 2. The highest BCUT2D eigenvalue weighted by atomic mass is 19.1. The van der Waals surface area contributed by atoms with Crippen molar-refractivity contribution in [3.63, 3.8) is 0 Å². The molecule has 1 aliphatic heterocycles. The monoisotopic (exact) mass is 330 g/mol. The summed E-state index contributed by atoms with van der Waals surface area (Å²) in [7, 11) is 0. The predicted octanol–water partition coefficient (Wildman–Crippen LogP) is 4.60. The lowest BCUT2D eigenvalue weighted by Crippen LogP contribution is -2.23. The van der Waals surface area contributed by atoms with Crippen LogP contribution in [0.4, 0.5) is 20.2 Å². The van der Waals surface area contributed by atoms with Crippen molar-refractivity contribution in [1.82, 2.24) is 0 Å². The van der Waals surface area contributed by atoms with E-state index in [1.807, 2.05) is 12.1 Å². The fourth-order valence-corrected chi connectivity index (χ4v) is 2.96. The van der Waals surface area contributed by atoms with Gasteiger partial charge in [0.2, 0.25) is 0 Å². The second-order valence-electron chi connectivity index (χ2n) is 6.03. The van der Waals surface area contributed by atoms with Crippen molar-refractivity contribution in [3.05, 3.63) is 59.7 Å². The molecule has 2 aromatic rings. The number of anilines is 2. The molecule has 0 spiro atoms. The second-order valence-corrected chi connectivity index (χ2v) is 6.03. The Balaban J connectivity index is 1.68. The summed E-state index contributed by atoms with van der Waals surface area (Å²) in [5.74, 6) is -2.16. The minimum Gasteiger partial charge on any atom is -0.372 e. The Morgan fingerprint density at radius 3 is 2.21 bits per heavy atom. The van der Waals surface area contributed by atoms with Gasteiger partial charge in [0.1, 0.15) is 11.6 Å². The molecule has 3 nitrogen and oxygen atoms in total. The van der Waals surface area contributed by atoms with Crippen LogP contribution >= 0.6 is 0 Å². The summed E-state index contributed by atoms with van der Waals surface area (Å²) < 4.78 is 26.6. The van der Waals surface area contributed by atoms with Gasteiger partial charge in [-0.25, -0.2) is 8.78 Å². The lowest BCUT2D eigenvalue weighted by Gasteiger charge is -2.22. The average molecular weight is 330 g/mol. The zero-order valence-corrected chi connectivity index (χ0v) is 13.4. The number of carbonyl (C=O) groups excluding carboxylic acids is 1. The number of rotatable bonds is 3. The molecule has 5 heteroatoms. The molecule has 0 radical (unpaired) electrons. The van der Waals surface area contributed by atoms with Gasteiger partial charge in [0.15, 0.2) is 0 Å². The molecule has 0 aromatic heterocycles. The quantitative estimate of drug-likeness (QED) is 0.892. The minimum absolute atomic E-state index is 0.173. The van der Waals surface area contributed by atoms with E-state index in [0.717, 1.165) is 30.9 Å². The van der Waals surface area contributed by atoms with Crippen LogP contribution in [0.15, 0.2) is 42.5 Å². The minimum atomic E-state index is -0.867. The zero-order chi connectivity index (χ0) is 16.9. The maximum Gasteiger partial charge on any atom is 0.258 e. The van der Waals surface area contributed by atoms with E-state index in [0.29, 0.717) is 11.8 Å². The normalized spacial score (nSPS) is 15.0. The van der Waals surface area contributed by atoms with E-state index in [1.54, 1.807) is 12.1 Å². The summed E-state index contributed by atoms with van der Waals surface area (Å²) in [6.07, 6.45) is 4.94. The Kier molecular flexibility index (Phi) is 5.08. The Labute approximate surface area is 140 Å². The highest BCUT2D eigenvalue weighted by Crippen LogP contribution is 2.22. The van der Waals surface area contributed by atoms with E-state index >= 15 is 0 Å². The van der Waals surface area contributed by atoms with Crippen LogP contribution < -0.4 is 10.2 Å². The first-order valence-corrected chi connectivity index (χ1v) is 8.25. The van der Waals surface area contributed by atoms with Crippen LogP contribution in [-0.2, 0) is 0 Å². The summed E-state index contributed by atoms with van der Waals surface area (Å²) in [6, 6.07) is 10.5. The molecule has 0 bridgehead atoms. The Bertz CT molecular complexity index is 708. The van der Waals surface area contributed by atoms with E-state index < -0.39 is 17.5 Å². The maximum atomic E-state index is 13.6. The molecule has 1 amide bonds. The number of nitrogens with zero attached hydrogens (tertiary/aromatic N) is 1. The Morgan fingerprint density at radius 1 is 0.917 bits per heavy atom. The predicted molar refractivity (Wildman–Crippen MR) is 91.4 cm³/mol. The average Bonchev–Trinajstić information content (AvgIpc) is 2.84. The first-order chi connectivity index (χ1) is 11.6. The SMILES string of the molecule is O=C(Nc1ccc(N2CCCCCC2)cc1)c1ccc(F)cc1F. The molecule has 1 saturated heterocycles. The molecule has 0 saturated carbocycles. The number of amides is 1. The van der Waals surface area contributed by atoms with Crippen LogP contribution in [0, 0.1) is 11.6 Å². The van der Waals surface area contributed by atoms with Gasteiger partial charge < -0.3 is 10.2 Å². The third-order valence-electron chi connectivity index (χ3n) is 4.27. The molecule has 1 N–H and O–H groups in total. The third kappa shape index (κ3) is 3.91. The van der Waals surface area contributed by atoms with Crippen LogP contribution in [0.25, 0.3) is 0 Å². The number of halogens is 2. The summed E-state index contributed by atoms with van der Waals surface area (Å²) in [4.78, 5) is 14.4. The van der Waals surface area contributed by atoms with Crippen molar-refractivity contribution in [3.8, 4) is 0 Å². The van der Waals surface area contributed by atoms with E-state index in [1.165, 1.54) is 25.7 Å². The van der Waals surface area contributed by atoms with Gasteiger partial charge in [0.05, 0.1) is 5.56 Å². The van der Waals surface area contributed by atoms with Crippen LogP contribution in [0.3, 0.4) is 0 Å². The van der Waals surface area contributed by atoms with Crippen molar-refractivity contribution in [2.24, 2.45) is 0 Å². The molecule has 1 fully saturated rings. The topological polar surface area (TPSA) is 32.3 Å². The van der Waals surface area contributed by atoms with Gasteiger partial charge >= 0.3 is 0 Å². The number of nitrogens with one attached hydrogen (secondary N) is 1. The lowest BCUT2D eigenvalue weighted by molar-refractivity contribution is 0.102. The largest absolute Gasteiger partial charge is 0.372 e. The number of hydrogen-bond donors (Lipinski definition) is 1. The highest BCUT2D eigenvalue weighted by Gasteiger charge is 2.13. The highest BCUT2D eigenvalue weighted by molar-refractivity contribution is 6.04. The molecular weight excluding hydrogens is 310 g/mol. The van der Waals surface area contributed by atoms with Crippen LogP contribution in [0.5, 0.6) is 0 Å². The molecular formula is C19H20F2N2O. The van der Waals surface area contributed by atoms with Gasteiger partial charge in [-0.05, 0) is 49.2 Å². The van der Waals surface area contributed by atoms with E-state index in [-0.39, 0.29) is 5.56 Å². The van der Waals surface area contributed by atoms with Gasteiger partial charge in [-0.2, -0.15) is 0 Å². The summed E-state index contributed by atoms with van der Waals surface area (Å²) in [5, 5.41) is 2.64. The van der Waals surface area contributed by atoms with Gasteiger partial charge in [0, 0.05) is 30.5 Å². The van der Waals surface area contributed by atoms with Crippen LogP contribution in [0.2, 0.25) is 0 Å². The molecule has 1 aliphatic rings. The van der Waals surface area contributed by atoms with Crippen molar-refractivity contribution < 1.29 is 13.6 Å². The smallest absolute Gasteiger partial charge is 0.258 e. The molecule has 0 aliphatic carbocycles. The first kappa shape index (κ1) is 16.4. The molecule has 1 heterocycles.